The summed E-state index contributed by atoms with van der Waals surface area (Å²) in [6, 6.07) is 10.3. The monoisotopic (exact) mass is 262 g/mol. The van der Waals surface area contributed by atoms with Gasteiger partial charge < -0.3 is 0 Å². The van der Waals surface area contributed by atoms with Gasteiger partial charge in [-0.1, -0.05) is 54.1 Å². The van der Waals surface area contributed by atoms with Crippen LogP contribution in [0, 0.1) is 0 Å². The van der Waals surface area contributed by atoms with Crippen LogP contribution < -0.4 is 5.46 Å². The number of rotatable bonds is 2. The van der Waals surface area contributed by atoms with Crippen molar-refractivity contribution in [3.63, 3.8) is 0 Å². The van der Waals surface area contributed by atoms with Crippen molar-refractivity contribution in [3.8, 4) is 5.69 Å². The van der Waals surface area contributed by atoms with E-state index < -0.39 is 0 Å². The first-order valence-electron chi connectivity index (χ1n) is 7.04. The van der Waals surface area contributed by atoms with E-state index in [2.05, 4.69) is 51.1 Å². The number of nitrogens with zero attached hydrogens (tertiary/aromatic N) is 2. The van der Waals surface area contributed by atoms with Crippen LogP contribution in [0.3, 0.4) is 0 Å². The van der Waals surface area contributed by atoms with Crippen molar-refractivity contribution < 1.29 is 0 Å². The van der Waals surface area contributed by atoms with E-state index in [9.17, 15) is 0 Å². The normalized spacial score (nSPS) is 15.5. The van der Waals surface area contributed by atoms with Gasteiger partial charge >= 0.3 is 0 Å². The summed E-state index contributed by atoms with van der Waals surface area (Å²) in [4.78, 5) is 0. The zero-order valence-corrected chi connectivity index (χ0v) is 12.5. The molecule has 0 unspecified atom stereocenters. The third-order valence-electron chi connectivity index (χ3n) is 4.57. The minimum absolute atomic E-state index is 0.396. The molecule has 2 heterocycles. The molecule has 0 amide bonds. The second-order valence-electron chi connectivity index (χ2n) is 5.60. The van der Waals surface area contributed by atoms with Gasteiger partial charge in [-0.2, -0.15) is 5.10 Å². The summed E-state index contributed by atoms with van der Waals surface area (Å²) < 4.78 is 1.96. The van der Waals surface area contributed by atoms with Gasteiger partial charge in [0.05, 0.1) is 5.69 Å². The first-order valence-corrected chi connectivity index (χ1v) is 7.04. The molecule has 0 N–H and O–H groups in total. The van der Waals surface area contributed by atoms with Gasteiger partial charge in [-0.25, -0.2) is 4.68 Å². The van der Waals surface area contributed by atoms with Crippen molar-refractivity contribution in [1.29, 1.82) is 0 Å². The lowest BCUT2D eigenvalue weighted by Crippen LogP contribution is -2.31. The Hall–Kier alpha value is -2.03. The van der Waals surface area contributed by atoms with Crippen LogP contribution in [0.1, 0.15) is 27.7 Å². The molecule has 0 aliphatic carbocycles. The van der Waals surface area contributed by atoms with Crippen LogP contribution in [-0.4, -0.2) is 16.5 Å². The fraction of sp³-hybridized carbons (Fsp3) is 0.235. The Morgan fingerprint density at radius 3 is 2.10 bits per heavy atom. The molecule has 2 nitrogen and oxygen atoms in total. The lowest BCUT2D eigenvalue weighted by Gasteiger charge is -2.08. The molecule has 2 aromatic rings. The Labute approximate surface area is 120 Å². The summed E-state index contributed by atoms with van der Waals surface area (Å²) in [5.41, 5.74) is 8.15. The predicted molar refractivity (Wildman–Crippen MR) is 85.7 cm³/mol. The summed E-state index contributed by atoms with van der Waals surface area (Å²) in [7, 11) is 0. The molecule has 0 radical (unpaired) electrons. The maximum Gasteiger partial charge on any atom is 0.237 e. The maximum atomic E-state index is 4.52. The van der Waals surface area contributed by atoms with Crippen molar-refractivity contribution in [2.24, 2.45) is 0 Å². The topological polar surface area (TPSA) is 17.8 Å². The van der Waals surface area contributed by atoms with Gasteiger partial charge in [0.1, 0.15) is 0 Å². The molecule has 0 bridgehead atoms. The minimum Gasteiger partial charge on any atom is -0.242 e. The van der Waals surface area contributed by atoms with Crippen LogP contribution in [0.4, 0.5) is 0 Å². The van der Waals surface area contributed by atoms with Crippen LogP contribution in [0.25, 0.3) is 5.69 Å². The van der Waals surface area contributed by atoms with E-state index in [4.69, 9.17) is 0 Å². The Morgan fingerprint density at radius 1 is 0.900 bits per heavy atom. The van der Waals surface area contributed by atoms with Gasteiger partial charge in [-0.3, -0.25) is 0 Å². The van der Waals surface area contributed by atoms with Crippen LogP contribution in [0.15, 0.2) is 64.8 Å². The Balaban J connectivity index is 2.00. The van der Waals surface area contributed by atoms with Crippen LogP contribution >= 0.6 is 0 Å². The second kappa shape index (κ2) is 4.82. The Bertz CT molecular complexity index is 684. The SMILES string of the molecule is CC1=C(C)C(C)=C(C)B1c1cnn(-c2ccccc2)c1. The van der Waals surface area contributed by atoms with Crippen molar-refractivity contribution in [3.05, 3.63) is 64.8 Å². The van der Waals surface area contributed by atoms with Gasteiger partial charge in [0.25, 0.3) is 0 Å². The molecule has 0 atom stereocenters. The van der Waals surface area contributed by atoms with Gasteiger partial charge in [0.2, 0.25) is 6.71 Å². The molecular weight excluding hydrogens is 243 g/mol. The molecule has 1 aromatic heterocycles. The molecule has 0 saturated carbocycles. The number of aromatic nitrogens is 2. The molecule has 1 aromatic carbocycles. The summed E-state index contributed by atoms with van der Waals surface area (Å²) in [5, 5.41) is 4.52. The number of hydrogen-bond acceptors (Lipinski definition) is 1. The van der Waals surface area contributed by atoms with E-state index in [1.807, 2.05) is 29.1 Å². The highest BCUT2D eigenvalue weighted by molar-refractivity contribution is 6.86. The van der Waals surface area contributed by atoms with Crippen molar-refractivity contribution in [2.45, 2.75) is 27.7 Å². The maximum absolute atomic E-state index is 4.52. The summed E-state index contributed by atoms with van der Waals surface area (Å²) >= 11 is 0. The van der Waals surface area contributed by atoms with E-state index in [-0.39, 0.29) is 0 Å². The third kappa shape index (κ3) is 1.94. The molecule has 3 heteroatoms. The second-order valence-corrected chi connectivity index (χ2v) is 5.60. The van der Waals surface area contributed by atoms with E-state index >= 15 is 0 Å². The number of hydrogen-bond donors (Lipinski definition) is 0. The zero-order chi connectivity index (χ0) is 14.3. The van der Waals surface area contributed by atoms with E-state index in [0.717, 1.165) is 5.69 Å². The lowest BCUT2D eigenvalue weighted by molar-refractivity contribution is 0.881. The summed E-state index contributed by atoms with van der Waals surface area (Å²) in [6.07, 6.45) is 4.15. The van der Waals surface area contributed by atoms with Gasteiger partial charge in [-0.05, 0) is 31.4 Å². The summed E-state index contributed by atoms with van der Waals surface area (Å²) in [6.45, 7) is 9.30. The minimum atomic E-state index is 0.396. The van der Waals surface area contributed by atoms with Gasteiger partial charge in [0, 0.05) is 12.4 Å². The molecule has 1 aliphatic heterocycles. The highest BCUT2D eigenvalue weighted by Gasteiger charge is 2.30. The average Bonchev–Trinajstić information content (AvgIpc) is 3.02. The highest BCUT2D eigenvalue weighted by Crippen LogP contribution is 2.30. The first-order chi connectivity index (χ1) is 9.59. The van der Waals surface area contributed by atoms with Crippen molar-refractivity contribution in [1.82, 2.24) is 9.78 Å². The average molecular weight is 262 g/mol. The Kier molecular flexibility index (Phi) is 3.13. The van der Waals surface area contributed by atoms with Crippen molar-refractivity contribution in [2.75, 3.05) is 0 Å². The first kappa shape index (κ1) is 13.0. The Morgan fingerprint density at radius 2 is 1.50 bits per heavy atom. The smallest absolute Gasteiger partial charge is 0.237 e. The summed E-state index contributed by atoms with van der Waals surface area (Å²) in [5.74, 6) is 0. The fourth-order valence-electron chi connectivity index (χ4n) is 3.06. The van der Waals surface area contributed by atoms with E-state index in [1.165, 1.54) is 27.6 Å². The molecule has 1 aliphatic rings. The van der Waals surface area contributed by atoms with Crippen LogP contribution in [0.2, 0.25) is 0 Å². The number of benzene rings is 1. The molecular formula is C17H19BN2. The molecule has 100 valence electrons. The van der Waals surface area contributed by atoms with Crippen molar-refractivity contribution >= 4 is 12.2 Å². The van der Waals surface area contributed by atoms with Crippen LogP contribution in [0.5, 0.6) is 0 Å². The lowest BCUT2D eigenvalue weighted by atomic mass is 9.38. The number of para-hydroxylation sites is 1. The molecule has 0 spiro atoms. The van der Waals surface area contributed by atoms with E-state index in [0.29, 0.717) is 6.71 Å². The number of allylic oxidation sites excluding steroid dienone is 4. The van der Waals surface area contributed by atoms with Gasteiger partial charge in [0.15, 0.2) is 0 Å². The van der Waals surface area contributed by atoms with Gasteiger partial charge in [-0.15, -0.1) is 0 Å². The quantitative estimate of drug-likeness (QED) is 0.759. The molecule has 0 saturated heterocycles. The highest BCUT2D eigenvalue weighted by atomic mass is 15.3. The predicted octanol–water partition coefficient (Wildman–Crippen LogP) is 3.34. The van der Waals surface area contributed by atoms with E-state index in [1.54, 1.807) is 0 Å². The molecule has 3 rings (SSSR count). The molecule has 20 heavy (non-hydrogen) atoms. The molecule has 0 fully saturated rings. The zero-order valence-electron chi connectivity index (χ0n) is 12.5. The standard InChI is InChI=1S/C17H19BN2/c1-12-13(2)15(4)18(14(12)3)16-10-19-20(11-16)17-8-6-5-7-9-17/h5-11H,1-4H3. The fourth-order valence-corrected chi connectivity index (χ4v) is 3.06. The van der Waals surface area contributed by atoms with Crippen LogP contribution in [-0.2, 0) is 0 Å². The largest absolute Gasteiger partial charge is 0.242 e. The third-order valence-corrected chi connectivity index (χ3v) is 4.57.